The van der Waals surface area contributed by atoms with Crippen LogP contribution in [0.2, 0.25) is 0 Å². The zero-order valence-electron chi connectivity index (χ0n) is 16.7. The molecule has 0 radical (unpaired) electrons. The van der Waals surface area contributed by atoms with E-state index >= 15 is 0 Å². The summed E-state index contributed by atoms with van der Waals surface area (Å²) in [6.07, 6.45) is 0. The van der Waals surface area contributed by atoms with Crippen molar-refractivity contribution >= 4 is 31.9 Å². The average molecular weight is 522 g/mol. The van der Waals surface area contributed by atoms with E-state index in [1.54, 1.807) is 33.5 Å². The van der Waals surface area contributed by atoms with Gasteiger partial charge in [0.05, 0.1) is 34.0 Å². The van der Waals surface area contributed by atoms with E-state index in [2.05, 4.69) is 31.9 Å². The third-order valence-corrected chi connectivity index (χ3v) is 5.06. The summed E-state index contributed by atoms with van der Waals surface area (Å²) < 4.78 is 27.5. The van der Waals surface area contributed by atoms with E-state index < -0.39 is 0 Å². The molecule has 156 valence electrons. The quantitative estimate of drug-likeness (QED) is 0.507. The van der Waals surface area contributed by atoms with Gasteiger partial charge in [0.25, 0.3) is 0 Å². The molecule has 0 saturated heterocycles. The van der Waals surface area contributed by atoms with Crippen LogP contribution in [0, 0.1) is 0 Å². The van der Waals surface area contributed by atoms with Gasteiger partial charge in [-0.3, -0.25) is 0 Å². The number of hydrogen-bond donors (Lipinski definition) is 1. The Morgan fingerprint density at radius 1 is 0.750 bits per heavy atom. The van der Waals surface area contributed by atoms with Crippen LogP contribution in [0.5, 0.6) is 23.0 Å². The molecule has 0 aliphatic rings. The van der Waals surface area contributed by atoms with Crippen molar-refractivity contribution in [3.8, 4) is 23.0 Å². The molecule has 0 fully saturated rings. The first kappa shape index (κ1) is 24.6. The zero-order chi connectivity index (χ0) is 21.1. The lowest BCUT2D eigenvalue weighted by Gasteiger charge is -2.12. The van der Waals surface area contributed by atoms with Crippen molar-refractivity contribution in [2.75, 3.05) is 35.0 Å². The molecule has 0 aliphatic heterocycles. The predicted octanol–water partition coefficient (Wildman–Crippen LogP) is 5.31. The molecule has 0 atom stereocenters. The van der Waals surface area contributed by atoms with Gasteiger partial charge in [0.2, 0.25) is 0 Å². The van der Waals surface area contributed by atoms with Gasteiger partial charge < -0.3 is 28.8 Å². The van der Waals surface area contributed by atoms with E-state index in [4.69, 9.17) is 23.7 Å². The number of phenolic OH excluding ortho intramolecular Hbond substituents is 1. The fraction of sp³-hybridized carbons (Fsp3) is 0.400. The molecule has 0 unspecified atom stereocenters. The maximum atomic E-state index is 9.44. The second-order valence-electron chi connectivity index (χ2n) is 5.51. The zero-order valence-corrected chi connectivity index (χ0v) is 19.8. The van der Waals surface area contributed by atoms with Crippen molar-refractivity contribution in [2.45, 2.75) is 20.1 Å². The first-order valence-electron chi connectivity index (χ1n) is 8.44. The molecule has 2 rings (SSSR count). The van der Waals surface area contributed by atoms with Crippen LogP contribution in [-0.2, 0) is 22.7 Å². The number of halogens is 2. The maximum absolute atomic E-state index is 9.44. The van der Waals surface area contributed by atoms with E-state index in [-0.39, 0.29) is 5.75 Å². The highest BCUT2D eigenvalue weighted by atomic mass is 79.9. The standard InChI is InChI=1S/C11H15BrO3.C9H11BrO3/c1-4-15-11-5-8(7-13-2)9(12)6-10(11)14-3;1-12-5-6-3-8(11)9(13-2)4-7(6)10/h5-6H,4,7H2,1-3H3;3-4,11H,5H2,1-2H3. The lowest BCUT2D eigenvalue weighted by molar-refractivity contribution is 0.183. The lowest BCUT2D eigenvalue weighted by atomic mass is 10.2. The van der Waals surface area contributed by atoms with Crippen molar-refractivity contribution in [1.82, 2.24) is 0 Å². The molecule has 2 aromatic rings. The van der Waals surface area contributed by atoms with Crippen LogP contribution in [0.1, 0.15) is 18.1 Å². The fourth-order valence-electron chi connectivity index (χ4n) is 2.29. The molecule has 0 aromatic heterocycles. The number of aromatic hydroxyl groups is 1. The van der Waals surface area contributed by atoms with Crippen LogP contribution in [-0.4, -0.2) is 40.2 Å². The van der Waals surface area contributed by atoms with Crippen LogP contribution >= 0.6 is 31.9 Å². The Balaban J connectivity index is 0.000000283. The molecule has 1 N–H and O–H groups in total. The third kappa shape index (κ3) is 7.16. The van der Waals surface area contributed by atoms with Gasteiger partial charge in [0, 0.05) is 23.2 Å². The Morgan fingerprint density at radius 3 is 1.71 bits per heavy atom. The first-order chi connectivity index (χ1) is 13.4. The van der Waals surface area contributed by atoms with Crippen molar-refractivity contribution in [3.05, 3.63) is 44.3 Å². The summed E-state index contributed by atoms with van der Waals surface area (Å²) in [5.41, 5.74) is 1.93. The molecule has 0 aliphatic carbocycles. The summed E-state index contributed by atoms with van der Waals surface area (Å²) in [4.78, 5) is 0. The summed E-state index contributed by atoms with van der Waals surface area (Å²) in [5.74, 6) is 2.04. The number of phenols is 1. The van der Waals surface area contributed by atoms with Crippen LogP contribution in [0.15, 0.2) is 33.2 Å². The molecule has 0 heterocycles. The van der Waals surface area contributed by atoms with Gasteiger partial charge in [0.1, 0.15) is 0 Å². The molecule has 0 amide bonds. The minimum atomic E-state index is 0.123. The normalized spacial score (nSPS) is 10.1. The summed E-state index contributed by atoms with van der Waals surface area (Å²) in [5, 5.41) is 9.44. The number of ether oxygens (including phenoxy) is 5. The molecule has 0 saturated carbocycles. The third-order valence-electron chi connectivity index (χ3n) is 3.58. The highest BCUT2D eigenvalue weighted by Crippen LogP contribution is 2.34. The van der Waals surface area contributed by atoms with E-state index in [9.17, 15) is 5.11 Å². The first-order valence-corrected chi connectivity index (χ1v) is 10.0. The highest BCUT2D eigenvalue weighted by molar-refractivity contribution is 9.10. The van der Waals surface area contributed by atoms with E-state index in [0.717, 1.165) is 31.6 Å². The average Bonchev–Trinajstić information content (AvgIpc) is 2.68. The summed E-state index contributed by atoms with van der Waals surface area (Å²) >= 11 is 6.81. The minimum Gasteiger partial charge on any atom is -0.504 e. The molecular weight excluding hydrogens is 496 g/mol. The van der Waals surface area contributed by atoms with Gasteiger partial charge in [0.15, 0.2) is 23.0 Å². The molecular formula is C20H26Br2O6. The highest BCUT2D eigenvalue weighted by Gasteiger charge is 2.09. The lowest BCUT2D eigenvalue weighted by Crippen LogP contribution is -1.98. The Kier molecular flexibility index (Phi) is 11.3. The Labute approximate surface area is 183 Å². The SMILES string of the molecule is CCOc1cc(COC)c(Br)cc1OC.COCc1cc(O)c(OC)cc1Br. The Hall–Kier alpha value is -1.48. The van der Waals surface area contributed by atoms with E-state index in [1.807, 2.05) is 19.1 Å². The molecule has 2 aromatic carbocycles. The number of methoxy groups -OCH3 is 4. The van der Waals surface area contributed by atoms with Crippen LogP contribution in [0.4, 0.5) is 0 Å². The Morgan fingerprint density at radius 2 is 1.25 bits per heavy atom. The maximum Gasteiger partial charge on any atom is 0.161 e. The summed E-state index contributed by atoms with van der Waals surface area (Å²) in [6, 6.07) is 7.14. The van der Waals surface area contributed by atoms with Gasteiger partial charge in [-0.25, -0.2) is 0 Å². The predicted molar refractivity (Wildman–Crippen MR) is 116 cm³/mol. The number of benzene rings is 2. The summed E-state index contributed by atoms with van der Waals surface area (Å²) in [6.45, 7) is 3.56. The molecule has 0 bridgehead atoms. The van der Waals surface area contributed by atoms with Gasteiger partial charge >= 0.3 is 0 Å². The Bertz CT molecular complexity index is 752. The molecule has 28 heavy (non-hydrogen) atoms. The van der Waals surface area contributed by atoms with Gasteiger partial charge in [-0.05, 0) is 42.3 Å². The number of hydrogen-bond acceptors (Lipinski definition) is 6. The van der Waals surface area contributed by atoms with E-state index in [1.165, 1.54) is 7.11 Å². The topological polar surface area (TPSA) is 66.4 Å². The van der Waals surface area contributed by atoms with Crippen molar-refractivity contribution in [2.24, 2.45) is 0 Å². The van der Waals surface area contributed by atoms with Gasteiger partial charge in [-0.1, -0.05) is 31.9 Å². The molecule has 8 heteroatoms. The van der Waals surface area contributed by atoms with Gasteiger partial charge in [-0.2, -0.15) is 0 Å². The van der Waals surface area contributed by atoms with E-state index in [0.29, 0.717) is 25.6 Å². The molecule has 0 spiro atoms. The van der Waals surface area contributed by atoms with Crippen molar-refractivity contribution in [3.63, 3.8) is 0 Å². The summed E-state index contributed by atoms with van der Waals surface area (Å²) in [7, 11) is 6.41. The van der Waals surface area contributed by atoms with Gasteiger partial charge in [-0.15, -0.1) is 0 Å². The van der Waals surface area contributed by atoms with Crippen LogP contribution < -0.4 is 14.2 Å². The monoisotopic (exact) mass is 520 g/mol. The number of rotatable bonds is 8. The van der Waals surface area contributed by atoms with Crippen molar-refractivity contribution < 1.29 is 28.8 Å². The van der Waals surface area contributed by atoms with Crippen LogP contribution in [0.25, 0.3) is 0 Å². The largest absolute Gasteiger partial charge is 0.504 e. The molecule has 6 nitrogen and oxygen atoms in total. The second kappa shape index (κ2) is 12.9. The minimum absolute atomic E-state index is 0.123. The van der Waals surface area contributed by atoms with Crippen LogP contribution in [0.3, 0.4) is 0 Å². The smallest absolute Gasteiger partial charge is 0.161 e. The fourth-order valence-corrected chi connectivity index (χ4v) is 3.16. The van der Waals surface area contributed by atoms with Crippen molar-refractivity contribution in [1.29, 1.82) is 0 Å². The second-order valence-corrected chi connectivity index (χ2v) is 7.22.